The molecule has 1 aliphatic carbocycles. The SMILES string of the molecule is CN(C)C1CCN(C(=O)NC2CCCC2)C1. The van der Waals surface area contributed by atoms with Crippen molar-refractivity contribution in [2.75, 3.05) is 27.2 Å². The van der Waals surface area contributed by atoms with E-state index < -0.39 is 0 Å². The lowest BCUT2D eigenvalue weighted by atomic mass is 10.2. The predicted molar refractivity (Wildman–Crippen MR) is 64.5 cm³/mol. The van der Waals surface area contributed by atoms with Crippen molar-refractivity contribution >= 4 is 6.03 Å². The Labute approximate surface area is 98.0 Å². The van der Waals surface area contributed by atoms with E-state index in [1.54, 1.807) is 0 Å². The number of nitrogens with zero attached hydrogens (tertiary/aromatic N) is 2. The summed E-state index contributed by atoms with van der Waals surface area (Å²) in [6, 6.07) is 1.12. The van der Waals surface area contributed by atoms with Crippen LogP contribution >= 0.6 is 0 Å². The number of urea groups is 1. The first kappa shape index (κ1) is 11.7. The van der Waals surface area contributed by atoms with E-state index in [0.29, 0.717) is 12.1 Å². The molecule has 2 amide bonds. The number of likely N-dealkylation sites (tertiary alicyclic amines) is 1. The van der Waals surface area contributed by atoms with Crippen molar-refractivity contribution in [3.8, 4) is 0 Å². The molecule has 0 aromatic rings. The number of rotatable bonds is 2. The minimum Gasteiger partial charge on any atom is -0.335 e. The maximum atomic E-state index is 12.0. The lowest BCUT2D eigenvalue weighted by Gasteiger charge is -2.22. The molecule has 16 heavy (non-hydrogen) atoms. The van der Waals surface area contributed by atoms with Crippen molar-refractivity contribution in [3.05, 3.63) is 0 Å². The van der Waals surface area contributed by atoms with Gasteiger partial charge in [-0.2, -0.15) is 0 Å². The van der Waals surface area contributed by atoms with E-state index in [4.69, 9.17) is 0 Å². The van der Waals surface area contributed by atoms with Crippen molar-refractivity contribution in [2.24, 2.45) is 0 Å². The highest BCUT2D eigenvalue weighted by molar-refractivity contribution is 5.74. The molecule has 0 aromatic carbocycles. The summed E-state index contributed by atoms with van der Waals surface area (Å²) in [5.41, 5.74) is 0. The van der Waals surface area contributed by atoms with E-state index in [9.17, 15) is 4.79 Å². The number of nitrogens with one attached hydrogen (secondary N) is 1. The third kappa shape index (κ3) is 2.67. The van der Waals surface area contributed by atoms with Gasteiger partial charge in [0.15, 0.2) is 0 Å². The summed E-state index contributed by atoms with van der Waals surface area (Å²) in [6.45, 7) is 1.78. The van der Waals surface area contributed by atoms with Crippen LogP contribution in [0.2, 0.25) is 0 Å². The van der Waals surface area contributed by atoms with Gasteiger partial charge >= 0.3 is 6.03 Å². The van der Waals surface area contributed by atoms with Crippen LogP contribution in [-0.2, 0) is 0 Å². The molecular formula is C12H23N3O. The van der Waals surface area contributed by atoms with Gasteiger partial charge in [-0.1, -0.05) is 12.8 Å². The number of carbonyl (C=O) groups is 1. The molecule has 1 unspecified atom stereocenters. The predicted octanol–water partition coefficient (Wildman–Crippen LogP) is 1.27. The minimum absolute atomic E-state index is 0.149. The van der Waals surface area contributed by atoms with Gasteiger partial charge in [-0.15, -0.1) is 0 Å². The molecule has 92 valence electrons. The summed E-state index contributed by atoms with van der Waals surface area (Å²) in [4.78, 5) is 16.1. The van der Waals surface area contributed by atoms with Gasteiger partial charge in [0.1, 0.15) is 0 Å². The molecule has 1 atom stereocenters. The van der Waals surface area contributed by atoms with Crippen LogP contribution in [0, 0.1) is 0 Å². The van der Waals surface area contributed by atoms with Crippen LogP contribution in [0.1, 0.15) is 32.1 Å². The van der Waals surface area contributed by atoms with Gasteiger partial charge in [-0.25, -0.2) is 4.79 Å². The molecule has 0 aromatic heterocycles. The first-order valence-corrected chi connectivity index (χ1v) is 6.38. The molecule has 2 fully saturated rings. The number of hydrogen-bond acceptors (Lipinski definition) is 2. The smallest absolute Gasteiger partial charge is 0.317 e. The average Bonchev–Trinajstić information content (AvgIpc) is 2.86. The van der Waals surface area contributed by atoms with E-state index in [-0.39, 0.29) is 6.03 Å². The third-order valence-electron chi connectivity index (χ3n) is 3.86. The maximum absolute atomic E-state index is 12.0. The Morgan fingerprint density at radius 1 is 1.25 bits per heavy atom. The summed E-state index contributed by atoms with van der Waals surface area (Å²) in [5, 5.41) is 3.15. The fourth-order valence-electron chi connectivity index (χ4n) is 2.68. The maximum Gasteiger partial charge on any atom is 0.317 e. The number of amides is 2. The molecular weight excluding hydrogens is 202 g/mol. The van der Waals surface area contributed by atoms with E-state index >= 15 is 0 Å². The summed E-state index contributed by atoms with van der Waals surface area (Å²) in [7, 11) is 4.17. The Bertz CT molecular complexity index is 249. The normalized spacial score (nSPS) is 26.7. The van der Waals surface area contributed by atoms with Gasteiger partial charge < -0.3 is 15.1 Å². The molecule has 4 heteroatoms. The topological polar surface area (TPSA) is 35.6 Å². The van der Waals surface area contributed by atoms with Gasteiger partial charge in [0.05, 0.1) is 0 Å². The van der Waals surface area contributed by atoms with Crippen molar-refractivity contribution in [1.82, 2.24) is 15.1 Å². The molecule has 1 heterocycles. The Morgan fingerprint density at radius 3 is 2.50 bits per heavy atom. The Morgan fingerprint density at radius 2 is 1.94 bits per heavy atom. The second kappa shape index (κ2) is 5.04. The molecule has 0 bridgehead atoms. The fourth-order valence-corrected chi connectivity index (χ4v) is 2.68. The highest BCUT2D eigenvalue weighted by Gasteiger charge is 2.28. The summed E-state index contributed by atoms with van der Waals surface area (Å²) < 4.78 is 0. The quantitative estimate of drug-likeness (QED) is 0.768. The molecule has 4 nitrogen and oxygen atoms in total. The molecule has 0 radical (unpaired) electrons. The molecule has 2 aliphatic rings. The van der Waals surface area contributed by atoms with Gasteiger partial charge in [-0.3, -0.25) is 0 Å². The Balaban J connectivity index is 1.77. The fraction of sp³-hybridized carbons (Fsp3) is 0.917. The molecule has 1 aliphatic heterocycles. The zero-order chi connectivity index (χ0) is 11.5. The third-order valence-corrected chi connectivity index (χ3v) is 3.86. The van der Waals surface area contributed by atoms with Crippen LogP contribution in [0.4, 0.5) is 4.79 Å². The molecule has 1 saturated carbocycles. The summed E-state index contributed by atoms with van der Waals surface area (Å²) >= 11 is 0. The number of carbonyl (C=O) groups excluding carboxylic acids is 1. The Kier molecular flexibility index (Phi) is 3.69. The van der Waals surface area contributed by atoms with Crippen molar-refractivity contribution < 1.29 is 4.79 Å². The minimum atomic E-state index is 0.149. The number of likely N-dealkylation sites (N-methyl/N-ethyl adjacent to an activating group) is 1. The highest BCUT2D eigenvalue weighted by atomic mass is 16.2. The first-order chi connectivity index (χ1) is 7.66. The standard InChI is InChI=1S/C12H23N3O/c1-14(2)11-7-8-15(9-11)12(16)13-10-5-3-4-6-10/h10-11H,3-9H2,1-2H3,(H,13,16). The Hall–Kier alpha value is -0.770. The van der Waals surface area contributed by atoms with Crippen LogP contribution in [0.25, 0.3) is 0 Å². The summed E-state index contributed by atoms with van der Waals surface area (Å²) in [6.07, 6.45) is 5.97. The molecule has 2 rings (SSSR count). The van der Waals surface area contributed by atoms with Crippen molar-refractivity contribution in [1.29, 1.82) is 0 Å². The van der Waals surface area contributed by atoms with Gasteiger partial charge in [0, 0.05) is 25.2 Å². The summed E-state index contributed by atoms with van der Waals surface area (Å²) in [5.74, 6) is 0. The highest BCUT2D eigenvalue weighted by Crippen LogP contribution is 2.19. The lowest BCUT2D eigenvalue weighted by molar-refractivity contribution is 0.199. The zero-order valence-corrected chi connectivity index (χ0v) is 10.4. The second-order valence-electron chi connectivity index (χ2n) is 5.28. The zero-order valence-electron chi connectivity index (χ0n) is 10.4. The molecule has 1 saturated heterocycles. The second-order valence-corrected chi connectivity index (χ2v) is 5.28. The van der Waals surface area contributed by atoms with E-state index in [1.165, 1.54) is 12.8 Å². The van der Waals surface area contributed by atoms with Crippen LogP contribution in [0.5, 0.6) is 0 Å². The van der Waals surface area contributed by atoms with E-state index in [0.717, 1.165) is 32.4 Å². The van der Waals surface area contributed by atoms with Crippen LogP contribution in [-0.4, -0.2) is 55.1 Å². The van der Waals surface area contributed by atoms with E-state index in [2.05, 4.69) is 24.3 Å². The van der Waals surface area contributed by atoms with Crippen molar-refractivity contribution in [2.45, 2.75) is 44.2 Å². The first-order valence-electron chi connectivity index (χ1n) is 6.38. The largest absolute Gasteiger partial charge is 0.335 e. The van der Waals surface area contributed by atoms with Crippen LogP contribution < -0.4 is 5.32 Å². The van der Waals surface area contributed by atoms with Gasteiger partial charge in [0.2, 0.25) is 0 Å². The van der Waals surface area contributed by atoms with Crippen LogP contribution in [0.15, 0.2) is 0 Å². The average molecular weight is 225 g/mol. The molecule has 0 spiro atoms. The number of hydrogen-bond donors (Lipinski definition) is 1. The van der Waals surface area contributed by atoms with Gasteiger partial charge in [-0.05, 0) is 33.4 Å². The van der Waals surface area contributed by atoms with Crippen molar-refractivity contribution in [3.63, 3.8) is 0 Å². The van der Waals surface area contributed by atoms with Crippen LogP contribution in [0.3, 0.4) is 0 Å². The lowest BCUT2D eigenvalue weighted by Crippen LogP contribution is -2.44. The monoisotopic (exact) mass is 225 g/mol. The van der Waals surface area contributed by atoms with Gasteiger partial charge in [0.25, 0.3) is 0 Å². The molecule has 1 N–H and O–H groups in total. The van der Waals surface area contributed by atoms with E-state index in [1.807, 2.05) is 4.90 Å².